The molecule has 11 heteroatoms. The molecule has 0 bridgehead atoms. The van der Waals surface area contributed by atoms with Crippen molar-refractivity contribution in [2.45, 2.75) is 24.1 Å². The minimum atomic E-state index is -3.77. The van der Waals surface area contributed by atoms with Crippen LogP contribution in [-0.2, 0) is 43.5 Å². The van der Waals surface area contributed by atoms with Gasteiger partial charge in [-0.1, -0.05) is 24.3 Å². The second kappa shape index (κ2) is 14.2. The lowest BCUT2D eigenvalue weighted by molar-refractivity contribution is -0.0987. The van der Waals surface area contributed by atoms with Gasteiger partial charge in [-0.05, 0) is 45.3 Å². The molecular weight excluding hydrogens is 534 g/mol. The Morgan fingerprint density at radius 3 is 2.27 bits per heavy atom. The van der Waals surface area contributed by atoms with E-state index in [2.05, 4.69) is 4.98 Å². The summed E-state index contributed by atoms with van der Waals surface area (Å²) in [5, 5.41) is 11.9. The number of ether oxygens (including phenoxy) is 1. The van der Waals surface area contributed by atoms with Gasteiger partial charge in [-0.2, -0.15) is 0 Å². The van der Waals surface area contributed by atoms with Gasteiger partial charge in [-0.25, -0.2) is 13.2 Å². The summed E-state index contributed by atoms with van der Waals surface area (Å²) in [6.45, 7) is 6.14. The first-order chi connectivity index (χ1) is 19.2. The zero-order chi connectivity index (χ0) is 30.0. The summed E-state index contributed by atoms with van der Waals surface area (Å²) in [6.07, 6.45) is 3.30. The maximum Gasteiger partial charge on any atom is 0.340 e. The summed E-state index contributed by atoms with van der Waals surface area (Å²) in [4.78, 5) is 35.5. The third kappa shape index (κ3) is 6.61. The number of fused-ring (bicyclic) bond motifs is 1. The second-order valence-electron chi connectivity index (χ2n) is 8.80. The number of sulfone groups is 1. The lowest BCUT2D eigenvalue weighted by atomic mass is 9.96. The fraction of sp³-hybridized carbons (Fsp3) is 0.241. The van der Waals surface area contributed by atoms with E-state index in [1.54, 1.807) is 61.3 Å². The molecule has 0 amide bonds. The van der Waals surface area contributed by atoms with Crippen molar-refractivity contribution in [1.82, 2.24) is 14.5 Å². The first-order valence-corrected chi connectivity index (χ1v) is 13.7. The number of aryl methyl sites for hydroxylation is 1. The molecule has 10 nitrogen and oxygen atoms in total. The number of benzene rings is 2. The topological polar surface area (TPSA) is 136 Å². The predicted octanol–water partition coefficient (Wildman–Crippen LogP) is 3.79. The molecule has 0 fully saturated rings. The molecule has 0 saturated carbocycles. The van der Waals surface area contributed by atoms with E-state index in [4.69, 9.17) is 14.3 Å². The van der Waals surface area contributed by atoms with Gasteiger partial charge in [-0.3, -0.25) is 4.98 Å². The molecule has 4 rings (SSSR count). The minimum absolute atomic E-state index is 0.0119. The lowest BCUT2D eigenvalue weighted by Gasteiger charge is -2.17. The largest absolute Gasteiger partial charge is 0.507 e. The zero-order valence-electron chi connectivity index (χ0n) is 23.0. The van der Waals surface area contributed by atoms with Crippen LogP contribution in [0.3, 0.4) is 0 Å². The molecule has 0 aliphatic carbocycles. The molecule has 4 aromatic rings. The van der Waals surface area contributed by atoms with E-state index in [1.807, 2.05) is 38.6 Å². The average Bonchev–Trinajstić information content (AvgIpc) is 3.23. The molecule has 0 unspecified atom stereocenters. The molecule has 0 aliphatic heterocycles. The van der Waals surface area contributed by atoms with Gasteiger partial charge in [0.1, 0.15) is 19.3 Å². The normalized spacial score (nSPS) is 10.8. The summed E-state index contributed by atoms with van der Waals surface area (Å²) in [5.74, 6) is -1.02. The summed E-state index contributed by atoms with van der Waals surface area (Å²) < 4.78 is 33.8. The van der Waals surface area contributed by atoms with Gasteiger partial charge in [-0.15, -0.1) is 0 Å². The van der Waals surface area contributed by atoms with E-state index in [0.717, 1.165) is 0 Å². The molecule has 212 valence electrons. The second-order valence-corrected chi connectivity index (χ2v) is 10.8. The molecule has 0 spiro atoms. The maximum atomic E-state index is 13.4. The van der Waals surface area contributed by atoms with Crippen molar-refractivity contribution in [1.29, 1.82) is 0 Å². The number of carbonyl (C=O) groups is 3. The van der Waals surface area contributed by atoms with E-state index in [0.29, 0.717) is 39.8 Å². The number of rotatable bonds is 8. The highest BCUT2D eigenvalue weighted by Crippen LogP contribution is 2.42. The average molecular weight is 568 g/mol. The number of aromatic nitrogens is 2. The summed E-state index contributed by atoms with van der Waals surface area (Å²) in [7, 11) is 1.67. The Labute approximate surface area is 233 Å². The molecule has 2 heterocycles. The van der Waals surface area contributed by atoms with Gasteiger partial charge in [0.05, 0.1) is 28.3 Å². The Morgan fingerprint density at radius 2 is 1.73 bits per heavy atom. The third-order valence-electron chi connectivity index (χ3n) is 6.04. The van der Waals surface area contributed by atoms with Crippen LogP contribution in [0.25, 0.3) is 22.0 Å². The van der Waals surface area contributed by atoms with Crippen molar-refractivity contribution < 1.29 is 32.6 Å². The van der Waals surface area contributed by atoms with E-state index in [1.165, 1.54) is 12.1 Å². The lowest BCUT2D eigenvalue weighted by Crippen LogP contribution is -2.15. The standard InChI is InChI=1S/C27H29N3O5S.2CH2O/c1-5-35-27(32)25-23(17-36(33,34)19-11-7-6-8-12-19)30(4)22-14-20(18-10-9-13-28-15-18)26(31)21(24(22)25)16-29(2)3;2*1-2/h6-15,31H,5,16-17H2,1-4H3;2*1H2. The highest BCUT2D eigenvalue weighted by Gasteiger charge is 2.30. The van der Waals surface area contributed by atoms with Crippen LogP contribution in [0.5, 0.6) is 5.75 Å². The van der Waals surface area contributed by atoms with Gasteiger partial charge in [0.2, 0.25) is 0 Å². The molecular formula is C29H33N3O7S. The molecule has 0 radical (unpaired) electrons. The maximum absolute atomic E-state index is 13.4. The Balaban J connectivity index is 0.00000134. The monoisotopic (exact) mass is 567 g/mol. The minimum Gasteiger partial charge on any atom is -0.507 e. The number of aromatic hydroxyl groups is 1. The van der Waals surface area contributed by atoms with Crippen molar-refractivity contribution in [3.8, 4) is 16.9 Å². The van der Waals surface area contributed by atoms with Crippen LogP contribution >= 0.6 is 0 Å². The van der Waals surface area contributed by atoms with Crippen molar-refractivity contribution >= 4 is 40.3 Å². The third-order valence-corrected chi connectivity index (χ3v) is 7.68. The molecule has 40 heavy (non-hydrogen) atoms. The van der Waals surface area contributed by atoms with Crippen molar-refractivity contribution in [3.05, 3.63) is 77.7 Å². The number of hydrogen-bond acceptors (Lipinski definition) is 9. The number of hydrogen-bond donors (Lipinski definition) is 1. The van der Waals surface area contributed by atoms with Crippen molar-refractivity contribution in [2.75, 3.05) is 20.7 Å². The molecule has 0 saturated heterocycles. The van der Waals surface area contributed by atoms with Crippen LogP contribution in [0.1, 0.15) is 28.5 Å². The highest BCUT2D eigenvalue weighted by atomic mass is 32.2. The van der Waals surface area contributed by atoms with Gasteiger partial charge in [0, 0.05) is 53.8 Å². The Hall–Kier alpha value is -4.35. The van der Waals surface area contributed by atoms with E-state index in [-0.39, 0.29) is 22.8 Å². The highest BCUT2D eigenvalue weighted by molar-refractivity contribution is 7.90. The first kappa shape index (κ1) is 31.9. The number of carbonyl (C=O) groups excluding carboxylic acids is 3. The molecule has 0 atom stereocenters. The van der Waals surface area contributed by atoms with Crippen LogP contribution in [0.2, 0.25) is 0 Å². The SMILES string of the molecule is C=O.C=O.CCOC(=O)c1c(CS(=O)(=O)c2ccccc2)n(C)c2cc(-c3cccnc3)c(O)c(CN(C)C)c12. The van der Waals surface area contributed by atoms with Crippen LogP contribution < -0.4 is 0 Å². The molecule has 2 aromatic heterocycles. The van der Waals surface area contributed by atoms with Crippen LogP contribution in [-0.4, -0.2) is 68.2 Å². The van der Waals surface area contributed by atoms with Gasteiger partial charge < -0.3 is 28.9 Å². The summed E-state index contributed by atoms with van der Waals surface area (Å²) in [5.41, 5.74) is 2.83. The number of pyridine rings is 1. The predicted molar refractivity (Wildman–Crippen MR) is 153 cm³/mol. The smallest absolute Gasteiger partial charge is 0.340 e. The Kier molecular flexibility index (Phi) is 11.3. The van der Waals surface area contributed by atoms with Crippen LogP contribution in [0.4, 0.5) is 0 Å². The number of phenolic OH excluding ortho intramolecular Hbond substituents is 1. The van der Waals surface area contributed by atoms with Crippen LogP contribution in [0, 0.1) is 0 Å². The van der Waals surface area contributed by atoms with E-state index < -0.39 is 21.6 Å². The van der Waals surface area contributed by atoms with Crippen molar-refractivity contribution in [3.63, 3.8) is 0 Å². The molecule has 0 aliphatic rings. The number of phenols is 1. The van der Waals surface area contributed by atoms with E-state index in [9.17, 15) is 18.3 Å². The first-order valence-electron chi connectivity index (χ1n) is 12.1. The quantitative estimate of drug-likeness (QED) is 0.315. The van der Waals surface area contributed by atoms with Gasteiger partial charge >= 0.3 is 5.97 Å². The Morgan fingerprint density at radius 1 is 1.07 bits per heavy atom. The van der Waals surface area contributed by atoms with Crippen LogP contribution in [0.15, 0.2) is 65.8 Å². The molecule has 1 N–H and O–H groups in total. The van der Waals surface area contributed by atoms with E-state index >= 15 is 0 Å². The zero-order valence-corrected chi connectivity index (χ0v) is 23.8. The van der Waals surface area contributed by atoms with Gasteiger partial charge in [0.15, 0.2) is 9.84 Å². The number of esters is 1. The fourth-order valence-electron chi connectivity index (χ4n) is 4.41. The fourth-order valence-corrected chi connectivity index (χ4v) is 5.85. The molecule has 2 aromatic carbocycles. The summed E-state index contributed by atoms with van der Waals surface area (Å²) in [6, 6.07) is 13.5. The summed E-state index contributed by atoms with van der Waals surface area (Å²) >= 11 is 0. The van der Waals surface area contributed by atoms with Crippen molar-refractivity contribution in [2.24, 2.45) is 7.05 Å². The van der Waals surface area contributed by atoms with Gasteiger partial charge in [0.25, 0.3) is 0 Å². The Bertz CT molecular complexity index is 1550. The number of nitrogens with zero attached hydrogens (tertiary/aromatic N) is 3.